The maximum absolute atomic E-state index is 12.9. The lowest BCUT2D eigenvalue weighted by Gasteiger charge is -2.03. The minimum atomic E-state index is -0.624. The Kier molecular flexibility index (Phi) is 2.51. The average Bonchev–Trinajstić information content (AvgIpc) is 2.03. The summed E-state index contributed by atoms with van der Waals surface area (Å²) < 4.78 is 17.6. The zero-order valence-electron chi connectivity index (χ0n) is 6.27. The molecule has 12 heavy (non-hydrogen) atoms. The van der Waals surface area contributed by atoms with Crippen molar-refractivity contribution in [2.24, 2.45) is 0 Å². The molecule has 0 N–H and O–H groups in total. The third-order valence-corrected chi connectivity index (χ3v) is 1.61. The molecule has 0 saturated carbocycles. The number of hydrogen-bond acceptors (Lipinski definition) is 2. The highest BCUT2D eigenvalue weighted by Gasteiger charge is 2.08. The van der Waals surface area contributed by atoms with E-state index in [0.29, 0.717) is 0 Å². The van der Waals surface area contributed by atoms with Crippen LogP contribution in [0.2, 0.25) is 5.02 Å². The van der Waals surface area contributed by atoms with Gasteiger partial charge in [-0.3, -0.25) is 0 Å². The van der Waals surface area contributed by atoms with Gasteiger partial charge in [0.15, 0.2) is 11.6 Å². The van der Waals surface area contributed by atoms with Crippen LogP contribution in [0.5, 0.6) is 5.75 Å². The van der Waals surface area contributed by atoms with Gasteiger partial charge >= 0.3 is 0 Å². The van der Waals surface area contributed by atoms with Gasteiger partial charge in [-0.15, -0.1) is 0 Å². The number of methoxy groups -OCH3 is 1. The number of halogens is 2. The third-order valence-electron chi connectivity index (χ3n) is 1.33. The molecule has 2 nitrogen and oxygen atoms in total. The van der Waals surface area contributed by atoms with Crippen molar-refractivity contribution >= 4 is 11.6 Å². The smallest absolute Gasteiger partial charge is 0.173 e. The Bertz CT molecular complexity index is 322. The van der Waals surface area contributed by atoms with Gasteiger partial charge in [-0.25, -0.2) is 4.39 Å². The van der Waals surface area contributed by atoms with Crippen LogP contribution in [0.3, 0.4) is 0 Å². The number of nitriles is 1. The second-order valence-electron chi connectivity index (χ2n) is 2.08. The molecule has 0 aliphatic carbocycles. The Balaban J connectivity index is 3.30. The fourth-order valence-corrected chi connectivity index (χ4v) is 1.10. The van der Waals surface area contributed by atoms with Gasteiger partial charge in [0.05, 0.1) is 23.8 Å². The zero-order chi connectivity index (χ0) is 9.14. The van der Waals surface area contributed by atoms with Crippen LogP contribution in [0.15, 0.2) is 12.1 Å². The molecule has 1 aromatic rings. The SMILES string of the molecule is COc1c(F)cc(C#N)cc1Cl. The van der Waals surface area contributed by atoms with Crippen LogP contribution < -0.4 is 4.74 Å². The van der Waals surface area contributed by atoms with Crippen LogP contribution >= 0.6 is 11.6 Å². The van der Waals surface area contributed by atoms with Crippen LogP contribution in [0, 0.1) is 17.1 Å². The van der Waals surface area contributed by atoms with Crippen molar-refractivity contribution in [3.63, 3.8) is 0 Å². The molecule has 0 radical (unpaired) electrons. The Hall–Kier alpha value is -1.27. The van der Waals surface area contributed by atoms with E-state index in [-0.39, 0.29) is 16.3 Å². The average molecular weight is 186 g/mol. The monoisotopic (exact) mass is 185 g/mol. The van der Waals surface area contributed by atoms with E-state index in [9.17, 15) is 4.39 Å². The summed E-state index contributed by atoms with van der Waals surface area (Å²) >= 11 is 5.60. The lowest BCUT2D eigenvalue weighted by Crippen LogP contribution is -1.90. The molecule has 0 aromatic heterocycles. The van der Waals surface area contributed by atoms with E-state index in [4.69, 9.17) is 16.9 Å². The van der Waals surface area contributed by atoms with Crippen LogP contribution in [-0.2, 0) is 0 Å². The maximum Gasteiger partial charge on any atom is 0.173 e. The first-order chi connectivity index (χ1) is 5.69. The fraction of sp³-hybridized carbons (Fsp3) is 0.125. The Morgan fingerprint density at radius 3 is 2.67 bits per heavy atom. The van der Waals surface area contributed by atoms with Crippen LogP contribution in [0.25, 0.3) is 0 Å². The summed E-state index contributed by atoms with van der Waals surface area (Å²) in [6.45, 7) is 0. The molecule has 4 heteroatoms. The number of rotatable bonds is 1. The summed E-state index contributed by atoms with van der Waals surface area (Å²) in [5.41, 5.74) is 0.179. The second kappa shape index (κ2) is 3.42. The summed E-state index contributed by atoms with van der Waals surface area (Å²) in [5.74, 6) is -0.655. The Labute approximate surface area is 74.1 Å². The molecular weight excluding hydrogens is 181 g/mol. The van der Waals surface area contributed by atoms with Gasteiger partial charge in [0.25, 0.3) is 0 Å². The largest absolute Gasteiger partial charge is 0.492 e. The van der Waals surface area contributed by atoms with E-state index in [1.165, 1.54) is 13.2 Å². The van der Waals surface area contributed by atoms with Crippen molar-refractivity contribution in [1.82, 2.24) is 0 Å². The van der Waals surface area contributed by atoms with E-state index in [1.807, 2.05) is 0 Å². The van der Waals surface area contributed by atoms with Gasteiger partial charge in [0, 0.05) is 0 Å². The van der Waals surface area contributed by atoms with Crippen LogP contribution in [-0.4, -0.2) is 7.11 Å². The summed E-state index contributed by atoms with van der Waals surface area (Å²) in [5, 5.41) is 8.54. The van der Waals surface area contributed by atoms with Gasteiger partial charge in [-0.05, 0) is 12.1 Å². The zero-order valence-corrected chi connectivity index (χ0v) is 7.02. The highest BCUT2D eigenvalue weighted by molar-refractivity contribution is 6.32. The first kappa shape index (κ1) is 8.82. The molecule has 0 spiro atoms. The van der Waals surface area contributed by atoms with Crippen molar-refractivity contribution in [2.45, 2.75) is 0 Å². The molecule has 1 rings (SSSR count). The first-order valence-electron chi connectivity index (χ1n) is 3.12. The van der Waals surface area contributed by atoms with Crippen molar-refractivity contribution < 1.29 is 9.13 Å². The van der Waals surface area contributed by atoms with E-state index < -0.39 is 5.82 Å². The molecule has 0 fully saturated rings. The fourth-order valence-electron chi connectivity index (χ4n) is 0.819. The standard InChI is InChI=1S/C8H5ClFNO/c1-12-8-6(9)2-5(4-11)3-7(8)10/h2-3H,1H3. The van der Waals surface area contributed by atoms with Gasteiger partial charge in [0.2, 0.25) is 0 Å². The molecule has 0 unspecified atom stereocenters. The second-order valence-corrected chi connectivity index (χ2v) is 2.49. The lowest BCUT2D eigenvalue weighted by molar-refractivity contribution is 0.386. The molecule has 62 valence electrons. The number of benzene rings is 1. The van der Waals surface area contributed by atoms with Crippen molar-refractivity contribution in [2.75, 3.05) is 7.11 Å². The van der Waals surface area contributed by atoms with E-state index in [2.05, 4.69) is 4.74 Å². The molecule has 0 bridgehead atoms. The highest BCUT2D eigenvalue weighted by Crippen LogP contribution is 2.28. The summed E-state index contributed by atoms with van der Waals surface area (Å²) in [4.78, 5) is 0. The van der Waals surface area contributed by atoms with E-state index in [0.717, 1.165) is 6.07 Å². The quantitative estimate of drug-likeness (QED) is 0.673. The molecule has 0 aliphatic heterocycles. The Morgan fingerprint density at radius 2 is 2.25 bits per heavy atom. The number of nitrogens with zero attached hydrogens (tertiary/aromatic N) is 1. The van der Waals surface area contributed by atoms with Crippen LogP contribution in [0.1, 0.15) is 5.56 Å². The predicted molar refractivity (Wildman–Crippen MR) is 42.7 cm³/mol. The highest BCUT2D eigenvalue weighted by atomic mass is 35.5. The van der Waals surface area contributed by atoms with Crippen molar-refractivity contribution in [3.8, 4) is 11.8 Å². The van der Waals surface area contributed by atoms with Gasteiger partial charge < -0.3 is 4.74 Å². The Morgan fingerprint density at radius 1 is 1.58 bits per heavy atom. The molecule has 1 aromatic carbocycles. The van der Waals surface area contributed by atoms with E-state index in [1.54, 1.807) is 6.07 Å². The molecule has 0 atom stereocenters. The summed E-state index contributed by atoms with van der Waals surface area (Å²) in [7, 11) is 1.32. The van der Waals surface area contributed by atoms with Crippen molar-refractivity contribution in [1.29, 1.82) is 5.26 Å². The first-order valence-corrected chi connectivity index (χ1v) is 3.50. The van der Waals surface area contributed by atoms with Gasteiger partial charge in [-0.2, -0.15) is 5.26 Å². The topological polar surface area (TPSA) is 33.0 Å². The number of ether oxygens (including phenoxy) is 1. The minimum absolute atomic E-state index is 0.0318. The number of hydrogen-bond donors (Lipinski definition) is 0. The minimum Gasteiger partial charge on any atom is -0.492 e. The predicted octanol–water partition coefficient (Wildman–Crippen LogP) is 2.36. The normalized spacial score (nSPS) is 9.17. The summed E-state index contributed by atoms with van der Waals surface area (Å²) in [6.07, 6.45) is 0. The molecular formula is C8H5ClFNO. The molecule has 0 aliphatic rings. The molecule has 0 saturated heterocycles. The molecule has 0 heterocycles. The lowest BCUT2D eigenvalue weighted by atomic mass is 10.2. The molecule has 0 amide bonds. The third kappa shape index (κ3) is 1.49. The summed E-state index contributed by atoms with van der Waals surface area (Å²) in [6, 6.07) is 4.20. The van der Waals surface area contributed by atoms with Crippen LogP contribution in [0.4, 0.5) is 4.39 Å². The van der Waals surface area contributed by atoms with Crippen molar-refractivity contribution in [3.05, 3.63) is 28.5 Å². The maximum atomic E-state index is 12.9. The van der Waals surface area contributed by atoms with Gasteiger partial charge in [-0.1, -0.05) is 11.6 Å². The van der Waals surface area contributed by atoms with E-state index >= 15 is 0 Å². The van der Waals surface area contributed by atoms with Gasteiger partial charge in [0.1, 0.15) is 0 Å².